The van der Waals surface area contributed by atoms with E-state index in [4.69, 9.17) is 16.3 Å². The summed E-state index contributed by atoms with van der Waals surface area (Å²) in [5.41, 5.74) is 1.28. The second-order valence-corrected chi connectivity index (χ2v) is 8.51. The molecule has 7 nitrogen and oxygen atoms in total. The quantitative estimate of drug-likeness (QED) is 0.383. The lowest BCUT2D eigenvalue weighted by Gasteiger charge is -2.25. The molecular formula is C25H23ClN2O5. The minimum Gasteiger partial charge on any atom is -0.454 e. The number of allylic oxidation sites excluding steroid dienone is 2. The minimum absolute atomic E-state index is 0.114. The molecule has 2 aromatic rings. The van der Waals surface area contributed by atoms with E-state index in [0.29, 0.717) is 23.6 Å². The minimum atomic E-state index is -1.14. The summed E-state index contributed by atoms with van der Waals surface area (Å²) in [7, 11) is 0. The number of amides is 3. The number of nitrogens with zero attached hydrogens (tertiary/aromatic N) is 1. The van der Waals surface area contributed by atoms with Crippen molar-refractivity contribution in [1.29, 1.82) is 0 Å². The number of likely N-dealkylation sites (tertiary alicyclic amines) is 1. The predicted molar refractivity (Wildman–Crippen MR) is 122 cm³/mol. The highest BCUT2D eigenvalue weighted by molar-refractivity contribution is 6.30. The Labute approximate surface area is 196 Å². The summed E-state index contributed by atoms with van der Waals surface area (Å²) in [6, 6.07) is 14.4. The molecule has 33 heavy (non-hydrogen) atoms. The van der Waals surface area contributed by atoms with Gasteiger partial charge in [-0.3, -0.25) is 19.3 Å². The lowest BCUT2D eigenvalue weighted by Crippen LogP contribution is -2.48. The largest absolute Gasteiger partial charge is 0.454 e. The molecule has 8 heteroatoms. The van der Waals surface area contributed by atoms with E-state index in [1.807, 2.05) is 42.5 Å². The van der Waals surface area contributed by atoms with Gasteiger partial charge in [0.2, 0.25) is 11.8 Å². The average Bonchev–Trinajstić information content (AvgIpc) is 3.08. The first-order valence-electron chi connectivity index (χ1n) is 10.7. The highest BCUT2D eigenvalue weighted by Crippen LogP contribution is 2.36. The second kappa shape index (κ2) is 10.0. The van der Waals surface area contributed by atoms with Crippen LogP contribution in [0.15, 0.2) is 66.7 Å². The molecule has 0 radical (unpaired) electrons. The molecule has 1 aliphatic carbocycles. The normalized spacial score (nSPS) is 20.3. The van der Waals surface area contributed by atoms with E-state index in [9.17, 15) is 19.2 Å². The number of carbonyl (C=O) groups is 4. The highest BCUT2D eigenvalue weighted by Gasteiger charge is 2.51. The molecule has 1 fully saturated rings. The van der Waals surface area contributed by atoms with Gasteiger partial charge in [-0.2, -0.15) is 0 Å². The van der Waals surface area contributed by atoms with Gasteiger partial charge in [0.15, 0.2) is 6.61 Å². The zero-order valence-corrected chi connectivity index (χ0v) is 18.5. The van der Waals surface area contributed by atoms with Crippen molar-refractivity contribution < 1.29 is 23.9 Å². The summed E-state index contributed by atoms with van der Waals surface area (Å²) in [6.45, 7) is -0.544. The molecule has 2 aliphatic rings. The smallest absolute Gasteiger partial charge is 0.330 e. The lowest BCUT2D eigenvalue weighted by atomic mass is 9.85. The molecule has 0 unspecified atom stereocenters. The van der Waals surface area contributed by atoms with E-state index in [1.54, 1.807) is 24.3 Å². The van der Waals surface area contributed by atoms with Crippen molar-refractivity contribution >= 4 is 41.0 Å². The first kappa shape index (κ1) is 22.7. The van der Waals surface area contributed by atoms with Crippen LogP contribution in [0, 0.1) is 11.8 Å². The van der Waals surface area contributed by atoms with Gasteiger partial charge in [0.1, 0.15) is 6.04 Å². The van der Waals surface area contributed by atoms with Crippen LogP contribution < -0.4 is 5.32 Å². The number of fused-ring (bicyclic) bond motifs is 1. The summed E-state index contributed by atoms with van der Waals surface area (Å²) < 4.78 is 5.26. The highest BCUT2D eigenvalue weighted by atomic mass is 35.5. The Kier molecular flexibility index (Phi) is 6.89. The maximum absolute atomic E-state index is 13.1. The van der Waals surface area contributed by atoms with E-state index < -0.39 is 36.4 Å². The molecule has 3 atom stereocenters. The zero-order valence-electron chi connectivity index (χ0n) is 17.8. The van der Waals surface area contributed by atoms with Crippen molar-refractivity contribution in [3.63, 3.8) is 0 Å². The van der Waals surface area contributed by atoms with Crippen LogP contribution in [0.1, 0.15) is 18.4 Å². The zero-order chi connectivity index (χ0) is 23.4. The van der Waals surface area contributed by atoms with Crippen molar-refractivity contribution in [2.45, 2.75) is 25.3 Å². The van der Waals surface area contributed by atoms with Crippen LogP contribution in [0.5, 0.6) is 0 Å². The first-order chi connectivity index (χ1) is 15.9. The molecule has 0 bridgehead atoms. The third-order valence-electron chi connectivity index (χ3n) is 5.87. The van der Waals surface area contributed by atoms with Gasteiger partial charge in [0.05, 0.1) is 11.8 Å². The Morgan fingerprint density at radius 2 is 1.58 bits per heavy atom. The SMILES string of the molecule is O=C(COC(=O)[C@H](Cc1ccccc1)N1C(=O)[C@H]2CC=CC[C@@H]2C1=O)Nc1ccc(Cl)cc1. The monoisotopic (exact) mass is 466 g/mol. The number of carbonyl (C=O) groups excluding carboxylic acids is 4. The number of imide groups is 1. The molecule has 0 spiro atoms. The predicted octanol–water partition coefficient (Wildman–Crippen LogP) is 3.38. The molecule has 0 saturated carbocycles. The van der Waals surface area contributed by atoms with E-state index in [-0.39, 0.29) is 18.2 Å². The Morgan fingerprint density at radius 3 is 2.18 bits per heavy atom. The van der Waals surface area contributed by atoms with Gasteiger partial charge in [0.25, 0.3) is 5.91 Å². The van der Waals surface area contributed by atoms with Crippen LogP contribution in [0.3, 0.4) is 0 Å². The Hall–Kier alpha value is -3.45. The van der Waals surface area contributed by atoms with E-state index >= 15 is 0 Å². The molecule has 170 valence electrons. The van der Waals surface area contributed by atoms with Gasteiger partial charge in [-0.05, 0) is 42.7 Å². The van der Waals surface area contributed by atoms with Gasteiger partial charge in [-0.1, -0.05) is 54.1 Å². The van der Waals surface area contributed by atoms with Crippen LogP contribution in [0.25, 0.3) is 0 Å². The molecule has 3 amide bonds. The van der Waals surface area contributed by atoms with E-state index in [0.717, 1.165) is 10.5 Å². The summed E-state index contributed by atoms with van der Waals surface area (Å²) in [5.74, 6) is -2.97. The maximum Gasteiger partial charge on any atom is 0.330 e. The Morgan fingerprint density at radius 1 is 0.970 bits per heavy atom. The van der Waals surface area contributed by atoms with Gasteiger partial charge in [0, 0.05) is 17.1 Å². The summed E-state index contributed by atoms with van der Waals surface area (Å²) in [5, 5.41) is 3.14. The van der Waals surface area contributed by atoms with Crippen molar-refractivity contribution in [1.82, 2.24) is 4.90 Å². The number of halogens is 1. The number of ether oxygens (including phenoxy) is 1. The topological polar surface area (TPSA) is 92.8 Å². The summed E-state index contributed by atoms with van der Waals surface area (Å²) >= 11 is 5.84. The van der Waals surface area contributed by atoms with Gasteiger partial charge >= 0.3 is 5.97 Å². The lowest BCUT2D eigenvalue weighted by molar-refractivity contribution is -0.159. The van der Waals surface area contributed by atoms with Gasteiger partial charge in [-0.25, -0.2) is 4.79 Å². The molecule has 0 aromatic heterocycles. The fourth-order valence-corrected chi connectivity index (χ4v) is 4.34. The fraction of sp³-hybridized carbons (Fsp3) is 0.280. The molecule has 1 N–H and O–H groups in total. The van der Waals surface area contributed by atoms with Crippen molar-refractivity contribution in [2.24, 2.45) is 11.8 Å². The van der Waals surface area contributed by atoms with Crippen LogP contribution in [0.4, 0.5) is 5.69 Å². The van der Waals surface area contributed by atoms with Crippen molar-refractivity contribution in [3.05, 3.63) is 77.3 Å². The number of benzene rings is 2. The number of rotatable bonds is 7. The maximum atomic E-state index is 13.1. The fourth-order valence-electron chi connectivity index (χ4n) is 4.21. The molecule has 2 aromatic carbocycles. The van der Waals surface area contributed by atoms with Crippen molar-refractivity contribution in [3.8, 4) is 0 Å². The van der Waals surface area contributed by atoms with Crippen molar-refractivity contribution in [2.75, 3.05) is 11.9 Å². The van der Waals surface area contributed by atoms with Gasteiger partial charge in [-0.15, -0.1) is 0 Å². The number of esters is 1. The Balaban J connectivity index is 1.48. The first-order valence-corrected chi connectivity index (χ1v) is 11.1. The molecular weight excluding hydrogens is 444 g/mol. The second-order valence-electron chi connectivity index (χ2n) is 8.07. The van der Waals surface area contributed by atoms with E-state index in [1.165, 1.54) is 0 Å². The average molecular weight is 467 g/mol. The van der Waals surface area contributed by atoms with Crippen LogP contribution in [-0.2, 0) is 30.3 Å². The van der Waals surface area contributed by atoms with Crippen LogP contribution in [0.2, 0.25) is 5.02 Å². The molecule has 4 rings (SSSR count). The third kappa shape index (κ3) is 5.14. The molecule has 1 saturated heterocycles. The third-order valence-corrected chi connectivity index (χ3v) is 6.12. The van der Waals surface area contributed by atoms with Crippen LogP contribution >= 0.6 is 11.6 Å². The summed E-state index contributed by atoms with van der Waals surface area (Å²) in [6.07, 6.45) is 4.84. The Bertz CT molecular complexity index is 1060. The van der Waals surface area contributed by atoms with E-state index in [2.05, 4.69) is 5.32 Å². The molecule has 1 aliphatic heterocycles. The van der Waals surface area contributed by atoms with Gasteiger partial charge < -0.3 is 10.1 Å². The number of anilines is 1. The number of hydrogen-bond donors (Lipinski definition) is 1. The molecule has 1 heterocycles. The number of nitrogens with one attached hydrogen (secondary N) is 1. The summed E-state index contributed by atoms with van der Waals surface area (Å²) in [4.78, 5) is 52.5. The van der Waals surface area contributed by atoms with Crippen LogP contribution in [-0.4, -0.2) is 41.2 Å². The standard InChI is InChI=1S/C25H23ClN2O5/c26-17-10-12-18(13-11-17)27-22(29)15-33-25(32)21(14-16-6-2-1-3-7-16)28-23(30)19-8-4-5-9-20(19)24(28)31/h1-7,10-13,19-21H,8-9,14-15H2,(H,27,29)/t19-,20-,21-/m0/s1. The number of hydrogen-bond acceptors (Lipinski definition) is 5.